The zero-order chi connectivity index (χ0) is 33.5. The molecule has 0 bridgehead atoms. The van der Waals surface area contributed by atoms with Crippen LogP contribution in [0.25, 0.3) is 0 Å². The van der Waals surface area contributed by atoms with E-state index in [1.807, 2.05) is 20.8 Å². The number of carbonyl (C=O) groups is 3. The normalized spacial score (nSPS) is 16.2. The monoisotopic (exact) mass is 646 g/mol. The lowest BCUT2D eigenvalue weighted by Gasteiger charge is -2.34. The summed E-state index contributed by atoms with van der Waals surface area (Å²) in [4.78, 5) is 41.8. The van der Waals surface area contributed by atoms with E-state index in [2.05, 4.69) is 0 Å². The predicted octanol–water partition coefficient (Wildman–Crippen LogP) is 5.45. The van der Waals surface area contributed by atoms with Gasteiger partial charge in [0.1, 0.15) is 17.6 Å². The van der Waals surface area contributed by atoms with Gasteiger partial charge in [0.15, 0.2) is 0 Å². The van der Waals surface area contributed by atoms with Crippen molar-refractivity contribution in [2.45, 2.75) is 78.4 Å². The van der Waals surface area contributed by atoms with Crippen LogP contribution < -0.4 is 14.4 Å². The molecule has 3 rings (SSSR count). The van der Waals surface area contributed by atoms with Crippen LogP contribution in [0.15, 0.2) is 36.4 Å². The predicted molar refractivity (Wildman–Crippen MR) is 173 cm³/mol. The summed E-state index contributed by atoms with van der Waals surface area (Å²) in [6.07, 6.45) is -0.102. The molecule has 0 unspecified atom stereocenters. The van der Waals surface area contributed by atoms with Crippen LogP contribution in [0, 0.1) is 11.3 Å². The minimum atomic E-state index is -1.26. The van der Waals surface area contributed by atoms with Crippen LogP contribution in [-0.2, 0) is 14.4 Å². The van der Waals surface area contributed by atoms with Crippen LogP contribution in [0.1, 0.15) is 84.0 Å². The van der Waals surface area contributed by atoms with Crippen LogP contribution in [-0.4, -0.2) is 77.0 Å². The number of amides is 2. The summed E-state index contributed by atoms with van der Waals surface area (Å²) in [6.45, 7) is 10.2. The number of hydrogen-bond donors (Lipinski definition) is 3. The van der Waals surface area contributed by atoms with Crippen LogP contribution in [0.4, 0.5) is 5.69 Å². The lowest BCUT2D eigenvalue weighted by atomic mass is 9.93. The quantitative estimate of drug-likeness (QED) is 0.261. The van der Waals surface area contributed by atoms with E-state index in [-0.39, 0.29) is 61.5 Å². The number of anilines is 1. The average Bonchev–Trinajstić information content (AvgIpc) is 2.97. The number of hydrogen-bond acceptors (Lipinski definition) is 7. The summed E-state index contributed by atoms with van der Waals surface area (Å²) in [5.74, 6) is -1.50. The van der Waals surface area contributed by atoms with Crippen molar-refractivity contribution in [3.05, 3.63) is 52.5 Å². The molecule has 2 atom stereocenters. The first-order valence-electron chi connectivity index (χ1n) is 15.3. The summed E-state index contributed by atoms with van der Waals surface area (Å²) in [5.41, 5.74) is -0.326. The van der Waals surface area contributed by atoms with E-state index in [0.717, 1.165) is 0 Å². The molecular formula is C34H47ClN2O8. The van der Waals surface area contributed by atoms with Gasteiger partial charge in [-0.1, -0.05) is 50.6 Å². The zero-order valence-corrected chi connectivity index (χ0v) is 27.9. The number of para-hydroxylation sites is 1. The van der Waals surface area contributed by atoms with Gasteiger partial charge in [-0.05, 0) is 44.2 Å². The second-order valence-corrected chi connectivity index (χ2v) is 13.9. The Balaban J connectivity index is 2.05. The van der Waals surface area contributed by atoms with Crippen LogP contribution in [0.2, 0.25) is 5.02 Å². The lowest BCUT2D eigenvalue weighted by molar-refractivity contribution is -0.146. The van der Waals surface area contributed by atoms with Gasteiger partial charge in [0.25, 0.3) is 0 Å². The van der Waals surface area contributed by atoms with Crippen molar-refractivity contribution in [1.82, 2.24) is 4.90 Å². The van der Waals surface area contributed by atoms with Crippen molar-refractivity contribution in [3.63, 3.8) is 0 Å². The van der Waals surface area contributed by atoms with Gasteiger partial charge in [0, 0.05) is 61.1 Å². The molecule has 1 heterocycles. The van der Waals surface area contributed by atoms with Crippen LogP contribution in [0.3, 0.4) is 0 Å². The molecule has 2 aromatic rings. The van der Waals surface area contributed by atoms with E-state index in [9.17, 15) is 29.7 Å². The smallest absolute Gasteiger partial charge is 0.308 e. The maximum absolute atomic E-state index is 14.1. The van der Waals surface area contributed by atoms with Gasteiger partial charge in [-0.3, -0.25) is 14.4 Å². The first-order chi connectivity index (χ1) is 21.0. The number of carboxylic acids is 1. The summed E-state index contributed by atoms with van der Waals surface area (Å²) < 4.78 is 11.7. The highest BCUT2D eigenvalue weighted by Crippen LogP contribution is 2.44. The number of halogens is 1. The molecule has 1 aliphatic heterocycles. The molecule has 2 amide bonds. The Morgan fingerprint density at radius 3 is 2.38 bits per heavy atom. The Labute approximate surface area is 270 Å². The number of ether oxygens (including phenoxy) is 2. The van der Waals surface area contributed by atoms with E-state index < -0.39 is 29.0 Å². The minimum Gasteiger partial charge on any atom is -0.496 e. The maximum atomic E-state index is 14.1. The van der Waals surface area contributed by atoms with Crippen molar-refractivity contribution in [3.8, 4) is 11.5 Å². The van der Waals surface area contributed by atoms with Gasteiger partial charge < -0.3 is 34.6 Å². The third-order valence-corrected chi connectivity index (χ3v) is 7.87. The molecule has 45 heavy (non-hydrogen) atoms. The summed E-state index contributed by atoms with van der Waals surface area (Å²) in [7, 11) is 1.50. The fourth-order valence-corrected chi connectivity index (χ4v) is 5.57. The number of rotatable bonds is 13. The molecule has 0 spiro atoms. The molecule has 0 aliphatic carbocycles. The number of carboxylic acid groups (broad SMARTS) is 1. The highest BCUT2D eigenvalue weighted by Gasteiger charge is 2.33. The van der Waals surface area contributed by atoms with Gasteiger partial charge in [-0.25, -0.2) is 0 Å². The second-order valence-electron chi connectivity index (χ2n) is 13.5. The van der Waals surface area contributed by atoms with Crippen molar-refractivity contribution >= 4 is 35.1 Å². The Hall–Kier alpha value is -3.34. The van der Waals surface area contributed by atoms with Crippen molar-refractivity contribution < 1.29 is 39.2 Å². The molecule has 1 fully saturated rings. The molecule has 11 heteroatoms. The first kappa shape index (κ1) is 36.1. The highest BCUT2D eigenvalue weighted by molar-refractivity contribution is 6.31. The molecule has 0 saturated carbocycles. The number of carbonyl (C=O) groups excluding carboxylic acids is 2. The lowest BCUT2D eigenvalue weighted by Crippen LogP contribution is -2.43. The molecule has 3 N–H and O–H groups in total. The molecule has 0 radical (unpaired) electrons. The van der Waals surface area contributed by atoms with Gasteiger partial charge >= 0.3 is 5.97 Å². The molecule has 1 aliphatic rings. The topological polar surface area (TPSA) is 137 Å². The molecule has 1 saturated heterocycles. The number of aliphatic hydroxyl groups is 2. The molecule has 2 aromatic carbocycles. The second kappa shape index (κ2) is 15.3. The largest absolute Gasteiger partial charge is 0.496 e. The number of benzene rings is 2. The fraction of sp³-hybridized carbons (Fsp3) is 0.559. The third-order valence-electron chi connectivity index (χ3n) is 7.65. The summed E-state index contributed by atoms with van der Waals surface area (Å²) in [6, 6.07) is 10.2. The number of aliphatic hydroxyl groups excluding tert-OH is 1. The highest BCUT2D eigenvalue weighted by atomic mass is 35.5. The number of nitrogens with zero attached hydrogens (tertiary/aromatic N) is 2. The van der Waals surface area contributed by atoms with Gasteiger partial charge in [-0.2, -0.15) is 0 Å². The Bertz CT molecular complexity index is 1350. The van der Waals surface area contributed by atoms with Crippen molar-refractivity contribution in [1.29, 1.82) is 0 Å². The number of aliphatic carboxylic acids is 1. The summed E-state index contributed by atoms with van der Waals surface area (Å²) in [5, 5.41) is 31.8. The van der Waals surface area contributed by atoms with E-state index in [1.165, 1.54) is 16.9 Å². The molecule has 0 aromatic heterocycles. The van der Waals surface area contributed by atoms with Gasteiger partial charge in [-0.15, -0.1) is 0 Å². The number of methoxy groups -OCH3 is 1. The first-order valence-corrected chi connectivity index (χ1v) is 15.7. The van der Waals surface area contributed by atoms with Crippen molar-refractivity contribution in [2.24, 2.45) is 11.3 Å². The van der Waals surface area contributed by atoms with Gasteiger partial charge in [0.2, 0.25) is 11.8 Å². The summed E-state index contributed by atoms with van der Waals surface area (Å²) >= 11 is 6.57. The van der Waals surface area contributed by atoms with E-state index in [4.69, 9.17) is 21.1 Å². The minimum absolute atomic E-state index is 0.0985. The fourth-order valence-electron chi connectivity index (χ4n) is 5.35. The van der Waals surface area contributed by atoms with E-state index >= 15 is 0 Å². The Morgan fingerprint density at radius 2 is 1.76 bits per heavy atom. The Kier molecular flexibility index (Phi) is 12.3. The number of piperidine rings is 1. The third kappa shape index (κ3) is 10.3. The van der Waals surface area contributed by atoms with Crippen LogP contribution >= 0.6 is 11.6 Å². The van der Waals surface area contributed by atoms with Crippen LogP contribution in [0.5, 0.6) is 11.5 Å². The molecular weight excluding hydrogens is 600 g/mol. The van der Waals surface area contributed by atoms with E-state index in [1.54, 1.807) is 50.2 Å². The Morgan fingerprint density at radius 1 is 1.07 bits per heavy atom. The zero-order valence-electron chi connectivity index (χ0n) is 27.1. The average molecular weight is 647 g/mol. The maximum Gasteiger partial charge on any atom is 0.308 e. The van der Waals surface area contributed by atoms with E-state index in [0.29, 0.717) is 42.0 Å². The molecule has 10 nitrogen and oxygen atoms in total. The standard InChI is InChI=1S/C34H47ClN2O8/c1-33(2,3)21-37(29(39)14-13-28(38)36-16-9-10-22(20-36)32(41)42)30-25(31(40)24-11-7-8-12-26(24)44-6)18-23(35)19-27(30)45-17-15-34(4,5)43/h7-8,11-12,18-19,22,31,40,43H,9-10,13-17,20-21H2,1-6H3,(H,41,42)/t22-,31+/m0/s1. The van der Waals surface area contributed by atoms with Crippen molar-refractivity contribution in [2.75, 3.05) is 38.3 Å². The SMILES string of the molecule is COc1ccccc1[C@@H](O)c1cc(Cl)cc(OCCC(C)(C)O)c1N(CC(C)(C)C)C(=O)CCC(=O)N1CCC[C@H](C(=O)O)C1. The van der Waals surface area contributed by atoms with Gasteiger partial charge in [0.05, 0.1) is 30.9 Å². The number of likely N-dealkylation sites (tertiary alicyclic amines) is 1. The molecule has 248 valence electrons.